The smallest absolute Gasteiger partial charge is 0.167 e. The highest BCUT2D eigenvalue weighted by Gasteiger charge is 2.11. The monoisotopic (exact) mass is 248 g/mol. The topological polar surface area (TPSA) is 45.5 Å². The van der Waals surface area contributed by atoms with E-state index >= 15 is 0 Å². The van der Waals surface area contributed by atoms with Crippen LogP contribution < -0.4 is 0 Å². The highest BCUT2D eigenvalue weighted by molar-refractivity contribution is 7.10. The summed E-state index contributed by atoms with van der Waals surface area (Å²) >= 11 is 1.49. The van der Waals surface area contributed by atoms with Crippen molar-refractivity contribution < 1.29 is 5.21 Å². The van der Waals surface area contributed by atoms with Gasteiger partial charge >= 0.3 is 0 Å². The highest BCUT2D eigenvalue weighted by Crippen LogP contribution is 2.25. The van der Waals surface area contributed by atoms with E-state index in [4.69, 9.17) is 5.21 Å². The van der Waals surface area contributed by atoms with Gasteiger partial charge in [0.25, 0.3) is 0 Å². The molecule has 1 N–H and O–H groups in total. The maximum absolute atomic E-state index is 8.37. The lowest BCUT2D eigenvalue weighted by Crippen LogP contribution is -2.04. The number of oxime groups is 1. The molecule has 0 amide bonds. The minimum Gasteiger partial charge on any atom is -0.411 e. The van der Waals surface area contributed by atoms with Crippen molar-refractivity contribution in [3.05, 3.63) is 16.1 Å². The van der Waals surface area contributed by atoms with Crippen LogP contribution in [0.5, 0.6) is 0 Å². The Kier molecular flexibility index (Phi) is 4.57. The summed E-state index contributed by atoms with van der Waals surface area (Å²) in [4.78, 5) is 4.22. The van der Waals surface area contributed by atoms with Crippen LogP contribution in [0.15, 0.2) is 10.5 Å². The van der Waals surface area contributed by atoms with Crippen LogP contribution in [0.25, 0.3) is 0 Å². The van der Waals surface area contributed by atoms with E-state index in [9.17, 15) is 0 Å². The molecule has 1 aromatic heterocycles. The molecule has 0 aliphatic heterocycles. The standard InChI is InChI=1S/C13H16N2OS/c16-14-9-12-10-17-13(15-12)8-4-7-11-5-2-1-3-6-11/h9-11,16H,1-3,5-7H2/b14-9-. The summed E-state index contributed by atoms with van der Waals surface area (Å²) in [6, 6.07) is 0. The largest absolute Gasteiger partial charge is 0.411 e. The van der Waals surface area contributed by atoms with Gasteiger partial charge in [0, 0.05) is 11.8 Å². The van der Waals surface area contributed by atoms with E-state index in [0.29, 0.717) is 5.69 Å². The highest BCUT2D eigenvalue weighted by atomic mass is 32.1. The third-order valence-corrected chi connectivity index (χ3v) is 3.80. The summed E-state index contributed by atoms with van der Waals surface area (Å²) in [6.45, 7) is 0. The van der Waals surface area contributed by atoms with E-state index in [2.05, 4.69) is 22.0 Å². The third kappa shape index (κ3) is 3.86. The fraction of sp³-hybridized carbons (Fsp3) is 0.538. The molecule has 1 aromatic rings. The van der Waals surface area contributed by atoms with Gasteiger partial charge in [0.1, 0.15) is 0 Å². The van der Waals surface area contributed by atoms with Crippen LogP contribution in [0.4, 0.5) is 0 Å². The molecule has 3 nitrogen and oxygen atoms in total. The first-order valence-electron chi connectivity index (χ1n) is 6.00. The number of nitrogens with zero attached hydrogens (tertiary/aromatic N) is 2. The van der Waals surface area contributed by atoms with Crippen LogP contribution in [0, 0.1) is 17.8 Å². The summed E-state index contributed by atoms with van der Waals surface area (Å²) < 4.78 is 0. The minimum absolute atomic E-state index is 0.666. The van der Waals surface area contributed by atoms with Crippen LogP contribution in [-0.2, 0) is 0 Å². The Hall–Kier alpha value is -1.34. The van der Waals surface area contributed by atoms with Gasteiger partial charge in [0.05, 0.1) is 11.9 Å². The predicted octanol–water partition coefficient (Wildman–Crippen LogP) is 3.27. The lowest BCUT2D eigenvalue weighted by Gasteiger charge is -2.18. The second kappa shape index (κ2) is 6.41. The van der Waals surface area contributed by atoms with E-state index in [1.165, 1.54) is 49.7 Å². The number of hydrogen-bond donors (Lipinski definition) is 1. The first-order valence-corrected chi connectivity index (χ1v) is 6.88. The molecule has 1 aliphatic carbocycles. The molecule has 0 unspecified atom stereocenters. The number of aromatic nitrogens is 1. The average molecular weight is 248 g/mol. The van der Waals surface area contributed by atoms with E-state index < -0.39 is 0 Å². The van der Waals surface area contributed by atoms with Gasteiger partial charge in [0.2, 0.25) is 0 Å². The molecule has 17 heavy (non-hydrogen) atoms. The van der Waals surface area contributed by atoms with E-state index in [0.717, 1.165) is 17.3 Å². The zero-order chi connectivity index (χ0) is 11.9. The first-order chi connectivity index (χ1) is 8.38. The maximum atomic E-state index is 8.37. The van der Waals surface area contributed by atoms with Crippen molar-refractivity contribution in [1.29, 1.82) is 0 Å². The summed E-state index contributed by atoms with van der Waals surface area (Å²) in [5, 5.41) is 14.0. The Morgan fingerprint density at radius 2 is 2.29 bits per heavy atom. The van der Waals surface area contributed by atoms with E-state index in [1.54, 1.807) is 0 Å². The Morgan fingerprint density at radius 1 is 1.47 bits per heavy atom. The molecule has 1 saturated carbocycles. The molecule has 4 heteroatoms. The van der Waals surface area contributed by atoms with Crippen molar-refractivity contribution in [2.24, 2.45) is 11.1 Å². The van der Waals surface area contributed by atoms with Crippen molar-refractivity contribution in [1.82, 2.24) is 4.98 Å². The summed E-state index contributed by atoms with van der Waals surface area (Å²) in [5.74, 6) is 7.09. The van der Waals surface area contributed by atoms with Crippen LogP contribution in [0.1, 0.15) is 49.2 Å². The second-order valence-electron chi connectivity index (χ2n) is 4.33. The van der Waals surface area contributed by atoms with Gasteiger partial charge in [-0.1, -0.05) is 30.3 Å². The Labute approximate surface area is 106 Å². The molecule has 1 fully saturated rings. The SMILES string of the molecule is O/N=C\c1csc(C#CCC2CCCCC2)n1. The van der Waals surface area contributed by atoms with E-state index in [-0.39, 0.29) is 0 Å². The molecule has 90 valence electrons. The first kappa shape index (κ1) is 12.1. The van der Waals surface area contributed by atoms with Crippen LogP contribution >= 0.6 is 11.3 Å². The Bertz CT molecular complexity index is 436. The minimum atomic E-state index is 0.666. The molecule has 0 radical (unpaired) electrons. The Morgan fingerprint density at radius 3 is 3.06 bits per heavy atom. The molecule has 1 aliphatic rings. The Balaban J connectivity index is 1.86. The van der Waals surface area contributed by atoms with Gasteiger partial charge in [0.15, 0.2) is 5.01 Å². The van der Waals surface area contributed by atoms with Gasteiger partial charge in [-0.3, -0.25) is 0 Å². The molecule has 0 spiro atoms. The van der Waals surface area contributed by atoms with Crippen molar-refractivity contribution >= 4 is 17.6 Å². The zero-order valence-corrected chi connectivity index (χ0v) is 10.5. The molecule has 1 heterocycles. The normalized spacial score (nSPS) is 16.9. The van der Waals surface area contributed by atoms with Crippen molar-refractivity contribution in [2.75, 3.05) is 0 Å². The van der Waals surface area contributed by atoms with Gasteiger partial charge in [-0.2, -0.15) is 0 Å². The molecule has 0 aromatic carbocycles. The van der Waals surface area contributed by atoms with E-state index in [1.807, 2.05) is 5.38 Å². The molecule has 0 atom stereocenters. The van der Waals surface area contributed by atoms with Crippen LogP contribution in [0.3, 0.4) is 0 Å². The van der Waals surface area contributed by atoms with Crippen molar-refractivity contribution in [2.45, 2.75) is 38.5 Å². The van der Waals surface area contributed by atoms with Gasteiger partial charge < -0.3 is 5.21 Å². The average Bonchev–Trinajstić information content (AvgIpc) is 2.79. The van der Waals surface area contributed by atoms with Gasteiger partial charge in [-0.25, -0.2) is 4.98 Å². The molecule has 0 bridgehead atoms. The fourth-order valence-electron chi connectivity index (χ4n) is 2.12. The number of hydrogen-bond acceptors (Lipinski definition) is 4. The van der Waals surface area contributed by atoms with Crippen molar-refractivity contribution in [3.8, 4) is 11.8 Å². The maximum Gasteiger partial charge on any atom is 0.167 e. The van der Waals surface area contributed by atoms with Crippen LogP contribution in [0.2, 0.25) is 0 Å². The van der Waals surface area contributed by atoms with Crippen molar-refractivity contribution in [3.63, 3.8) is 0 Å². The molecular weight excluding hydrogens is 232 g/mol. The number of thiazole rings is 1. The quantitative estimate of drug-likeness (QED) is 0.378. The molecular formula is C13H16N2OS. The van der Waals surface area contributed by atoms with Gasteiger partial charge in [-0.05, 0) is 24.7 Å². The van der Waals surface area contributed by atoms with Crippen LogP contribution in [-0.4, -0.2) is 16.4 Å². The summed E-state index contributed by atoms with van der Waals surface area (Å²) in [6.07, 6.45) is 9.08. The second-order valence-corrected chi connectivity index (χ2v) is 5.19. The fourth-order valence-corrected chi connectivity index (χ4v) is 2.76. The third-order valence-electron chi connectivity index (χ3n) is 3.02. The summed E-state index contributed by atoms with van der Waals surface area (Å²) in [7, 11) is 0. The lowest BCUT2D eigenvalue weighted by molar-refractivity contribution is 0.321. The van der Waals surface area contributed by atoms with Gasteiger partial charge in [-0.15, -0.1) is 11.3 Å². The zero-order valence-electron chi connectivity index (χ0n) is 9.72. The predicted molar refractivity (Wildman–Crippen MR) is 69.6 cm³/mol. The summed E-state index contributed by atoms with van der Waals surface area (Å²) in [5.41, 5.74) is 0.666. The molecule has 2 rings (SSSR count). The lowest BCUT2D eigenvalue weighted by atomic mass is 9.87. The number of rotatable bonds is 2. The molecule has 0 saturated heterocycles.